The van der Waals surface area contributed by atoms with Gasteiger partial charge in [-0.3, -0.25) is 14.5 Å². The third kappa shape index (κ3) is 9.21. The first-order valence-electron chi connectivity index (χ1n) is 9.91. The van der Waals surface area contributed by atoms with Gasteiger partial charge < -0.3 is 15.4 Å². The molecule has 2 N–H and O–H groups in total. The molecule has 25 heavy (non-hydrogen) atoms. The van der Waals surface area contributed by atoms with Crippen molar-refractivity contribution >= 4 is 11.8 Å². The molecule has 0 aromatic heterocycles. The maximum absolute atomic E-state index is 12.1. The molecule has 0 aliphatic carbocycles. The zero-order valence-electron chi connectivity index (χ0n) is 16.3. The molecule has 2 amide bonds. The molecule has 0 aromatic rings. The summed E-state index contributed by atoms with van der Waals surface area (Å²) in [7, 11) is 0. The molecule has 6 nitrogen and oxygen atoms in total. The number of hydrogen-bond acceptors (Lipinski definition) is 4. The van der Waals surface area contributed by atoms with Gasteiger partial charge in [-0.25, -0.2) is 0 Å². The van der Waals surface area contributed by atoms with E-state index in [0.717, 1.165) is 65.0 Å². The third-order valence-corrected chi connectivity index (χ3v) is 5.07. The van der Waals surface area contributed by atoms with Gasteiger partial charge in [0.15, 0.2) is 0 Å². The summed E-state index contributed by atoms with van der Waals surface area (Å²) < 4.78 is 5.47. The van der Waals surface area contributed by atoms with Crippen LogP contribution in [0.4, 0.5) is 0 Å². The van der Waals surface area contributed by atoms with Crippen LogP contribution in [0.3, 0.4) is 0 Å². The number of unbranched alkanes of at least 4 members (excludes halogenated alkanes) is 2. The van der Waals surface area contributed by atoms with Crippen LogP contribution in [0, 0.1) is 5.92 Å². The lowest BCUT2D eigenvalue weighted by atomic mass is 9.92. The van der Waals surface area contributed by atoms with Gasteiger partial charge in [0.05, 0.1) is 13.2 Å². The largest absolute Gasteiger partial charge is 0.379 e. The van der Waals surface area contributed by atoms with Gasteiger partial charge in [-0.05, 0) is 18.8 Å². The summed E-state index contributed by atoms with van der Waals surface area (Å²) in [4.78, 5) is 25.4. The predicted molar refractivity (Wildman–Crippen MR) is 100 cm³/mol. The van der Waals surface area contributed by atoms with Crippen molar-refractivity contribution in [1.82, 2.24) is 15.5 Å². The van der Waals surface area contributed by atoms with Gasteiger partial charge in [-0.15, -0.1) is 0 Å². The van der Waals surface area contributed by atoms with Crippen molar-refractivity contribution in [3.8, 4) is 0 Å². The summed E-state index contributed by atoms with van der Waals surface area (Å²) in [5.74, 6) is 0.757. The first kappa shape index (κ1) is 21.9. The smallest absolute Gasteiger partial charge is 0.220 e. The molecule has 1 atom stereocenters. The van der Waals surface area contributed by atoms with Crippen molar-refractivity contribution in [2.24, 2.45) is 5.92 Å². The molecule has 0 aromatic carbocycles. The quantitative estimate of drug-likeness (QED) is 0.525. The van der Waals surface area contributed by atoms with E-state index >= 15 is 0 Å². The molecule has 1 heterocycles. The number of hydrogen-bond donors (Lipinski definition) is 2. The Hall–Kier alpha value is -1.14. The van der Waals surface area contributed by atoms with Crippen molar-refractivity contribution in [2.75, 3.05) is 39.4 Å². The Kier molecular flexibility index (Phi) is 11.5. The summed E-state index contributed by atoms with van der Waals surface area (Å²) in [6, 6.07) is 0.405. The number of ether oxygens (including phenoxy) is 1. The molecule has 0 bridgehead atoms. The van der Waals surface area contributed by atoms with E-state index in [1.54, 1.807) is 0 Å². The van der Waals surface area contributed by atoms with Gasteiger partial charge in [0.2, 0.25) is 11.8 Å². The second-order valence-electron chi connectivity index (χ2n) is 6.89. The lowest BCUT2D eigenvalue weighted by Crippen LogP contribution is -2.52. The predicted octanol–water partition coefficient (Wildman–Crippen LogP) is 1.94. The number of nitrogens with zero attached hydrogens (tertiary/aromatic N) is 1. The average Bonchev–Trinajstić information content (AvgIpc) is 2.62. The van der Waals surface area contributed by atoms with E-state index in [1.165, 1.54) is 6.92 Å². The summed E-state index contributed by atoms with van der Waals surface area (Å²) >= 11 is 0. The molecule has 1 aliphatic rings. The number of carbonyl (C=O) groups excluding carboxylic acids is 2. The fourth-order valence-electron chi connectivity index (χ4n) is 3.49. The minimum atomic E-state index is 0.00769. The van der Waals surface area contributed by atoms with E-state index in [-0.39, 0.29) is 11.8 Å². The van der Waals surface area contributed by atoms with Crippen LogP contribution >= 0.6 is 0 Å². The van der Waals surface area contributed by atoms with Crippen LogP contribution in [0.15, 0.2) is 0 Å². The highest BCUT2D eigenvalue weighted by Gasteiger charge is 2.27. The van der Waals surface area contributed by atoms with Crippen molar-refractivity contribution in [3.63, 3.8) is 0 Å². The zero-order valence-corrected chi connectivity index (χ0v) is 16.3. The van der Waals surface area contributed by atoms with E-state index < -0.39 is 0 Å². The van der Waals surface area contributed by atoms with Crippen LogP contribution < -0.4 is 10.6 Å². The van der Waals surface area contributed by atoms with Crippen LogP contribution in [0.1, 0.15) is 59.3 Å². The number of amides is 2. The number of rotatable bonds is 12. The van der Waals surface area contributed by atoms with Crippen molar-refractivity contribution < 1.29 is 14.3 Å². The molecule has 6 heteroatoms. The van der Waals surface area contributed by atoms with Gasteiger partial charge in [-0.2, -0.15) is 0 Å². The number of nitrogens with one attached hydrogen (secondary N) is 2. The monoisotopic (exact) mass is 355 g/mol. The van der Waals surface area contributed by atoms with Gasteiger partial charge in [0, 0.05) is 45.6 Å². The maximum Gasteiger partial charge on any atom is 0.220 e. The molecule has 1 rings (SSSR count). The summed E-state index contributed by atoms with van der Waals surface area (Å²) in [6.45, 7) is 10.9. The van der Waals surface area contributed by atoms with Crippen LogP contribution in [0.2, 0.25) is 0 Å². The first-order chi connectivity index (χ1) is 12.1. The standard InChI is InChI=1S/C19H37N3O3/c1-4-17(5-2)18(22-11-13-25-14-12-22)15-21-19(24)9-7-6-8-10-20-16(3)23/h17-18H,4-15H2,1-3H3,(H,20,23)(H,21,24). The Bertz CT molecular complexity index is 380. The van der Waals surface area contributed by atoms with Crippen LogP contribution in [0.25, 0.3) is 0 Å². The fourth-order valence-corrected chi connectivity index (χ4v) is 3.49. The normalized spacial score (nSPS) is 16.6. The lowest BCUT2D eigenvalue weighted by Gasteiger charge is -2.38. The Morgan fingerprint density at radius 3 is 2.32 bits per heavy atom. The second-order valence-corrected chi connectivity index (χ2v) is 6.89. The highest BCUT2D eigenvalue weighted by molar-refractivity contribution is 5.75. The fraction of sp³-hybridized carbons (Fsp3) is 0.895. The maximum atomic E-state index is 12.1. The molecule has 0 saturated carbocycles. The lowest BCUT2D eigenvalue weighted by molar-refractivity contribution is -0.122. The van der Waals surface area contributed by atoms with E-state index in [4.69, 9.17) is 4.74 Å². The topological polar surface area (TPSA) is 70.7 Å². The van der Waals surface area contributed by atoms with Gasteiger partial charge in [0.1, 0.15) is 0 Å². The second kappa shape index (κ2) is 13.1. The summed E-state index contributed by atoms with van der Waals surface area (Å²) in [5.41, 5.74) is 0. The van der Waals surface area contributed by atoms with Gasteiger partial charge in [-0.1, -0.05) is 33.1 Å². The Morgan fingerprint density at radius 1 is 1.04 bits per heavy atom. The molecule has 0 spiro atoms. The molecule has 146 valence electrons. The minimum absolute atomic E-state index is 0.00769. The minimum Gasteiger partial charge on any atom is -0.379 e. The van der Waals surface area contributed by atoms with E-state index in [9.17, 15) is 9.59 Å². The van der Waals surface area contributed by atoms with Gasteiger partial charge in [0.25, 0.3) is 0 Å². The third-order valence-electron chi connectivity index (χ3n) is 5.07. The van der Waals surface area contributed by atoms with Crippen LogP contribution in [0.5, 0.6) is 0 Å². The number of carbonyl (C=O) groups is 2. The Morgan fingerprint density at radius 2 is 1.72 bits per heavy atom. The molecular formula is C19H37N3O3. The van der Waals surface area contributed by atoms with E-state index in [1.807, 2.05) is 0 Å². The van der Waals surface area contributed by atoms with Crippen molar-refractivity contribution in [1.29, 1.82) is 0 Å². The highest BCUT2D eigenvalue weighted by Crippen LogP contribution is 2.19. The molecule has 1 fully saturated rings. The van der Waals surface area contributed by atoms with E-state index in [0.29, 0.717) is 24.9 Å². The van der Waals surface area contributed by atoms with E-state index in [2.05, 4.69) is 29.4 Å². The SMILES string of the molecule is CCC(CC)C(CNC(=O)CCCCCNC(C)=O)N1CCOCC1. The molecule has 0 radical (unpaired) electrons. The first-order valence-corrected chi connectivity index (χ1v) is 9.91. The molecule has 1 aliphatic heterocycles. The number of morpholine rings is 1. The van der Waals surface area contributed by atoms with Gasteiger partial charge >= 0.3 is 0 Å². The average molecular weight is 356 g/mol. The molecular weight excluding hydrogens is 318 g/mol. The van der Waals surface area contributed by atoms with Crippen molar-refractivity contribution in [3.05, 3.63) is 0 Å². The van der Waals surface area contributed by atoms with Crippen LogP contribution in [-0.4, -0.2) is 62.1 Å². The van der Waals surface area contributed by atoms with Crippen LogP contribution in [-0.2, 0) is 14.3 Å². The molecule has 1 saturated heterocycles. The Labute approximate surface area is 153 Å². The summed E-state index contributed by atoms with van der Waals surface area (Å²) in [5, 5.41) is 5.93. The summed E-state index contributed by atoms with van der Waals surface area (Å²) in [6.07, 6.45) is 5.61. The Balaban J connectivity index is 2.29. The zero-order chi connectivity index (χ0) is 18.5. The highest BCUT2D eigenvalue weighted by atomic mass is 16.5. The molecule has 1 unspecified atom stereocenters. The van der Waals surface area contributed by atoms with Crippen molar-refractivity contribution in [2.45, 2.75) is 65.3 Å².